The Morgan fingerprint density at radius 1 is 1.42 bits per heavy atom. The van der Waals surface area contributed by atoms with E-state index in [0.717, 1.165) is 30.7 Å². The van der Waals surface area contributed by atoms with Crippen LogP contribution in [0.5, 0.6) is 0 Å². The molecule has 19 heavy (non-hydrogen) atoms. The Balaban J connectivity index is 1.86. The molecule has 0 spiro atoms. The Morgan fingerprint density at radius 2 is 2.21 bits per heavy atom. The summed E-state index contributed by atoms with van der Waals surface area (Å²) in [5.41, 5.74) is 1.23. The maximum absolute atomic E-state index is 12.0. The number of aryl methyl sites for hydroxylation is 2. The molecule has 0 amide bonds. The highest BCUT2D eigenvalue weighted by Gasteiger charge is 2.20. The van der Waals surface area contributed by atoms with E-state index < -0.39 is 10.0 Å². The number of hydrogen-bond acceptors (Lipinski definition) is 4. The quantitative estimate of drug-likeness (QED) is 0.874. The molecule has 1 aliphatic heterocycles. The first-order chi connectivity index (χ1) is 8.96. The Morgan fingerprint density at radius 3 is 2.79 bits per heavy atom. The maximum atomic E-state index is 12.0. The van der Waals surface area contributed by atoms with Gasteiger partial charge < -0.3 is 5.32 Å². The highest BCUT2D eigenvalue weighted by atomic mass is 32.2. The zero-order chi connectivity index (χ0) is 13.9. The Kier molecular flexibility index (Phi) is 5.00. The van der Waals surface area contributed by atoms with Gasteiger partial charge in [-0.25, -0.2) is 13.1 Å². The van der Waals surface area contributed by atoms with E-state index >= 15 is 0 Å². The molecule has 4 nitrogen and oxygen atoms in total. The van der Waals surface area contributed by atoms with Crippen LogP contribution in [0.2, 0.25) is 0 Å². The van der Waals surface area contributed by atoms with Crippen molar-refractivity contribution in [2.24, 2.45) is 0 Å². The van der Waals surface area contributed by atoms with Crippen LogP contribution in [0, 0.1) is 13.8 Å². The molecule has 6 heteroatoms. The van der Waals surface area contributed by atoms with Gasteiger partial charge >= 0.3 is 0 Å². The minimum atomic E-state index is -3.19. The Hall–Kier alpha value is -0.430. The summed E-state index contributed by atoms with van der Waals surface area (Å²) < 4.78 is 26.7. The highest BCUT2D eigenvalue weighted by molar-refractivity contribution is 7.89. The summed E-state index contributed by atoms with van der Waals surface area (Å²) >= 11 is 1.66. The summed E-state index contributed by atoms with van der Waals surface area (Å²) in [6.07, 6.45) is 3.23. The number of nitrogens with one attached hydrogen (secondary N) is 2. The van der Waals surface area contributed by atoms with Gasteiger partial charge in [0.1, 0.15) is 0 Å². The molecule has 1 aromatic heterocycles. The van der Waals surface area contributed by atoms with Crippen molar-refractivity contribution in [2.75, 3.05) is 12.3 Å². The van der Waals surface area contributed by atoms with Gasteiger partial charge in [-0.2, -0.15) is 0 Å². The molecule has 2 rings (SSSR count). The lowest BCUT2D eigenvalue weighted by Gasteiger charge is -2.23. The van der Waals surface area contributed by atoms with Gasteiger partial charge in [-0.1, -0.05) is 6.42 Å². The zero-order valence-electron chi connectivity index (χ0n) is 11.5. The van der Waals surface area contributed by atoms with Crippen molar-refractivity contribution in [1.82, 2.24) is 10.0 Å². The van der Waals surface area contributed by atoms with E-state index in [1.807, 2.05) is 0 Å². The molecule has 2 N–H and O–H groups in total. The second kappa shape index (κ2) is 6.35. The molecule has 0 radical (unpaired) electrons. The Bertz CT molecular complexity index is 497. The van der Waals surface area contributed by atoms with Crippen molar-refractivity contribution in [3.8, 4) is 0 Å². The second-order valence-electron chi connectivity index (χ2n) is 5.20. The summed E-state index contributed by atoms with van der Waals surface area (Å²) in [5.74, 6) is 0.191. The van der Waals surface area contributed by atoms with Crippen LogP contribution in [0.3, 0.4) is 0 Å². The van der Waals surface area contributed by atoms with Crippen molar-refractivity contribution in [3.05, 3.63) is 21.4 Å². The third kappa shape index (κ3) is 4.56. The third-order valence-electron chi connectivity index (χ3n) is 3.52. The number of hydrogen-bond donors (Lipinski definition) is 2. The lowest BCUT2D eigenvalue weighted by Crippen LogP contribution is -2.42. The van der Waals surface area contributed by atoms with Crippen molar-refractivity contribution in [1.29, 1.82) is 0 Å². The van der Waals surface area contributed by atoms with Gasteiger partial charge in [0.2, 0.25) is 10.0 Å². The molecular weight excluding hydrogens is 280 g/mol. The molecule has 1 aromatic rings. The standard InChI is InChI=1S/C13H22N2O2S2/c1-10-7-13(18-11(10)2)8-15-19(16,17)9-12-5-3-4-6-14-12/h7,12,14-15H,3-6,8-9H2,1-2H3. The summed E-state index contributed by atoms with van der Waals surface area (Å²) in [7, 11) is -3.19. The van der Waals surface area contributed by atoms with Crippen LogP contribution in [0.4, 0.5) is 0 Å². The largest absolute Gasteiger partial charge is 0.313 e. The third-order valence-corrected chi connectivity index (χ3v) is 6.09. The van der Waals surface area contributed by atoms with E-state index in [2.05, 4.69) is 30.0 Å². The van der Waals surface area contributed by atoms with Gasteiger partial charge in [-0.3, -0.25) is 0 Å². The normalized spacial score (nSPS) is 20.6. The number of rotatable bonds is 5. The first-order valence-electron chi connectivity index (χ1n) is 6.73. The first kappa shape index (κ1) is 15.0. The van der Waals surface area contributed by atoms with E-state index in [1.54, 1.807) is 11.3 Å². The van der Waals surface area contributed by atoms with E-state index in [-0.39, 0.29) is 11.8 Å². The summed E-state index contributed by atoms with van der Waals surface area (Å²) in [6, 6.07) is 2.17. The highest BCUT2D eigenvalue weighted by Crippen LogP contribution is 2.20. The molecule has 0 saturated carbocycles. The average Bonchev–Trinajstić information content (AvgIpc) is 2.67. The smallest absolute Gasteiger partial charge is 0.213 e. The fourth-order valence-electron chi connectivity index (χ4n) is 2.31. The van der Waals surface area contributed by atoms with Crippen molar-refractivity contribution in [3.63, 3.8) is 0 Å². The van der Waals surface area contributed by atoms with Crippen LogP contribution in [-0.2, 0) is 16.6 Å². The van der Waals surface area contributed by atoms with E-state index in [9.17, 15) is 8.42 Å². The summed E-state index contributed by atoms with van der Waals surface area (Å²) in [4.78, 5) is 2.33. The second-order valence-corrected chi connectivity index (χ2v) is 8.39. The molecule has 1 saturated heterocycles. The van der Waals surface area contributed by atoms with Gasteiger partial charge in [0, 0.05) is 22.3 Å². The molecule has 2 heterocycles. The van der Waals surface area contributed by atoms with Gasteiger partial charge in [-0.15, -0.1) is 11.3 Å². The fourth-order valence-corrected chi connectivity index (χ4v) is 4.70. The number of thiophene rings is 1. The fraction of sp³-hybridized carbons (Fsp3) is 0.692. The minimum Gasteiger partial charge on any atom is -0.313 e. The SMILES string of the molecule is Cc1cc(CNS(=O)(=O)CC2CCCCN2)sc1C. The summed E-state index contributed by atoms with van der Waals surface area (Å²) in [6.45, 7) is 5.46. The minimum absolute atomic E-state index is 0.109. The van der Waals surface area contributed by atoms with Crippen LogP contribution in [0.1, 0.15) is 34.6 Å². The van der Waals surface area contributed by atoms with Gasteiger partial charge in [-0.05, 0) is 44.9 Å². The molecule has 1 aliphatic rings. The topological polar surface area (TPSA) is 58.2 Å². The number of sulfonamides is 1. The van der Waals surface area contributed by atoms with E-state index in [1.165, 1.54) is 10.4 Å². The molecule has 1 unspecified atom stereocenters. The van der Waals surface area contributed by atoms with Gasteiger partial charge in [0.05, 0.1) is 5.75 Å². The van der Waals surface area contributed by atoms with E-state index in [0.29, 0.717) is 6.54 Å². The molecular formula is C13H22N2O2S2. The van der Waals surface area contributed by atoms with E-state index in [4.69, 9.17) is 0 Å². The van der Waals surface area contributed by atoms with Gasteiger partial charge in [0.15, 0.2) is 0 Å². The predicted molar refractivity (Wildman–Crippen MR) is 80.1 cm³/mol. The predicted octanol–water partition coefficient (Wildman–Crippen LogP) is 1.93. The van der Waals surface area contributed by atoms with Gasteiger partial charge in [0.25, 0.3) is 0 Å². The molecule has 0 aromatic carbocycles. The van der Waals surface area contributed by atoms with Crippen molar-refractivity contribution in [2.45, 2.75) is 45.7 Å². The van der Waals surface area contributed by atoms with Crippen LogP contribution in [0.25, 0.3) is 0 Å². The molecule has 108 valence electrons. The monoisotopic (exact) mass is 302 g/mol. The summed E-state index contributed by atoms with van der Waals surface area (Å²) in [5, 5.41) is 3.27. The first-order valence-corrected chi connectivity index (χ1v) is 9.20. The molecule has 0 bridgehead atoms. The van der Waals surface area contributed by atoms with Crippen LogP contribution in [0.15, 0.2) is 6.07 Å². The zero-order valence-corrected chi connectivity index (χ0v) is 13.2. The lowest BCUT2D eigenvalue weighted by atomic mass is 10.1. The average molecular weight is 302 g/mol. The Labute approximate surface area is 119 Å². The maximum Gasteiger partial charge on any atom is 0.213 e. The molecule has 1 atom stereocenters. The van der Waals surface area contributed by atoms with Crippen LogP contribution < -0.4 is 10.0 Å². The van der Waals surface area contributed by atoms with Crippen LogP contribution in [-0.4, -0.2) is 26.8 Å². The van der Waals surface area contributed by atoms with Crippen molar-refractivity contribution >= 4 is 21.4 Å². The van der Waals surface area contributed by atoms with Crippen molar-refractivity contribution < 1.29 is 8.42 Å². The lowest BCUT2D eigenvalue weighted by molar-refractivity contribution is 0.422. The molecule has 0 aliphatic carbocycles. The molecule has 1 fully saturated rings. The number of piperidine rings is 1. The van der Waals surface area contributed by atoms with Crippen LogP contribution >= 0.6 is 11.3 Å².